The largest absolute Gasteiger partial charge is 0.432 e. The summed E-state index contributed by atoms with van der Waals surface area (Å²) in [5.41, 5.74) is 0. The molecular weight excluding hydrogens is 260 g/mol. The zero-order valence-electron chi connectivity index (χ0n) is 14.9. The first-order valence-corrected chi connectivity index (χ1v) is 11.3. The van der Waals surface area contributed by atoms with Crippen LogP contribution in [0.5, 0.6) is 0 Å². The predicted octanol–water partition coefficient (Wildman–Crippen LogP) is 6.13. The Labute approximate surface area is 129 Å². The fraction of sp³-hybridized carbons (Fsp3) is 0.889. The van der Waals surface area contributed by atoms with Crippen molar-refractivity contribution in [2.45, 2.75) is 104 Å². The average molecular weight is 299 g/mol. The van der Waals surface area contributed by atoms with Crippen LogP contribution in [0.4, 0.5) is 0 Å². The van der Waals surface area contributed by atoms with Crippen molar-refractivity contribution in [3.63, 3.8) is 0 Å². The van der Waals surface area contributed by atoms with Gasteiger partial charge in [0.2, 0.25) is 0 Å². The van der Waals surface area contributed by atoms with E-state index in [4.69, 9.17) is 6.42 Å². The number of unbranched alkanes of at least 4 members (excludes halogenated alkanes) is 8. The van der Waals surface area contributed by atoms with Crippen LogP contribution in [-0.2, 0) is 0 Å². The molecule has 0 aliphatic heterocycles. The Morgan fingerprint density at radius 2 is 1.25 bits per heavy atom. The third-order valence-electron chi connectivity index (χ3n) is 4.01. The molecule has 0 rings (SSSR count). The highest BCUT2D eigenvalue weighted by molar-refractivity contribution is 6.72. The smallest absolute Gasteiger partial charge is 0.187 e. The summed E-state index contributed by atoms with van der Waals surface area (Å²) in [6.45, 7) is 12.4. The molecule has 0 bridgehead atoms. The lowest BCUT2D eigenvalue weighted by Gasteiger charge is -2.30. The summed E-state index contributed by atoms with van der Waals surface area (Å²) >= 11 is 0. The molecule has 2 heteroatoms. The molecule has 0 saturated carbocycles. The maximum absolute atomic E-state index is 9.49. The maximum Gasteiger partial charge on any atom is 0.187 e. The number of rotatable bonds is 8. The topological polar surface area (TPSA) is 20.2 Å². The standard InChI is InChI=1S/C12H22.C6H16OSi/c1-3-5-7-9-11-12-10-8-6-4-2;1-6(2,3)8(4,5)7/h1H,4-12H2,2H3;7H,1-5H3. The molecule has 0 amide bonds. The Hall–Kier alpha value is -0.263. The normalized spacial score (nSPS) is 11.5. The van der Waals surface area contributed by atoms with Crippen LogP contribution in [0.1, 0.15) is 85.5 Å². The van der Waals surface area contributed by atoms with Crippen molar-refractivity contribution in [1.29, 1.82) is 0 Å². The van der Waals surface area contributed by atoms with E-state index < -0.39 is 8.32 Å². The SMILES string of the molecule is C#CCCCCCCCCCC.CC(C)(C)[Si](C)(C)O. The van der Waals surface area contributed by atoms with Crippen LogP contribution in [0.15, 0.2) is 0 Å². The highest BCUT2D eigenvalue weighted by atomic mass is 28.4. The minimum atomic E-state index is -1.86. The molecule has 0 unspecified atom stereocenters. The van der Waals surface area contributed by atoms with Gasteiger partial charge in [0, 0.05) is 6.42 Å². The number of terminal acetylenes is 1. The van der Waals surface area contributed by atoms with Crippen molar-refractivity contribution in [2.24, 2.45) is 0 Å². The third kappa shape index (κ3) is 15.8. The minimum Gasteiger partial charge on any atom is -0.432 e. The minimum absolute atomic E-state index is 0.132. The summed E-state index contributed by atoms with van der Waals surface area (Å²) in [5.74, 6) is 2.68. The highest BCUT2D eigenvalue weighted by Gasteiger charge is 2.32. The van der Waals surface area contributed by atoms with Gasteiger partial charge in [-0.05, 0) is 24.6 Å². The Morgan fingerprint density at radius 3 is 1.55 bits per heavy atom. The van der Waals surface area contributed by atoms with Gasteiger partial charge in [0.05, 0.1) is 0 Å². The Morgan fingerprint density at radius 1 is 0.900 bits per heavy atom. The van der Waals surface area contributed by atoms with Crippen molar-refractivity contribution in [3.05, 3.63) is 0 Å². The highest BCUT2D eigenvalue weighted by Crippen LogP contribution is 2.33. The molecule has 0 aromatic heterocycles. The summed E-state index contributed by atoms with van der Waals surface area (Å²) in [4.78, 5) is 9.49. The molecular formula is C18H38OSi. The molecule has 0 atom stereocenters. The van der Waals surface area contributed by atoms with E-state index in [1.807, 2.05) is 13.1 Å². The summed E-state index contributed by atoms with van der Waals surface area (Å²) < 4.78 is 0. The van der Waals surface area contributed by atoms with E-state index in [1.54, 1.807) is 0 Å². The second-order valence-corrected chi connectivity index (χ2v) is 11.9. The van der Waals surface area contributed by atoms with E-state index in [0.29, 0.717) is 0 Å². The summed E-state index contributed by atoms with van der Waals surface area (Å²) in [6.07, 6.45) is 17.1. The van der Waals surface area contributed by atoms with Crippen LogP contribution >= 0.6 is 0 Å². The maximum atomic E-state index is 9.49. The van der Waals surface area contributed by atoms with Crippen LogP contribution < -0.4 is 0 Å². The van der Waals surface area contributed by atoms with E-state index in [9.17, 15) is 4.80 Å². The first kappa shape index (κ1) is 22.0. The van der Waals surface area contributed by atoms with Gasteiger partial charge >= 0.3 is 0 Å². The van der Waals surface area contributed by atoms with Gasteiger partial charge in [-0.25, -0.2) is 0 Å². The van der Waals surface area contributed by atoms with Gasteiger partial charge in [-0.2, -0.15) is 0 Å². The fourth-order valence-electron chi connectivity index (χ4n) is 1.36. The zero-order chi connectivity index (χ0) is 16.1. The number of hydrogen-bond acceptors (Lipinski definition) is 1. The van der Waals surface area contributed by atoms with Crippen LogP contribution in [-0.4, -0.2) is 13.1 Å². The fourth-order valence-corrected chi connectivity index (χ4v) is 1.36. The van der Waals surface area contributed by atoms with E-state index >= 15 is 0 Å². The molecule has 0 aromatic rings. The van der Waals surface area contributed by atoms with Crippen LogP contribution in [0, 0.1) is 12.3 Å². The van der Waals surface area contributed by atoms with Gasteiger partial charge in [-0.15, -0.1) is 12.3 Å². The second kappa shape index (κ2) is 12.5. The lowest BCUT2D eigenvalue weighted by atomic mass is 10.1. The van der Waals surface area contributed by atoms with Crippen molar-refractivity contribution in [1.82, 2.24) is 0 Å². The van der Waals surface area contributed by atoms with E-state index in [2.05, 4.69) is 33.6 Å². The van der Waals surface area contributed by atoms with Gasteiger partial charge in [0.1, 0.15) is 0 Å². The molecule has 0 saturated heterocycles. The molecule has 1 N–H and O–H groups in total. The van der Waals surface area contributed by atoms with Crippen molar-refractivity contribution >= 4 is 8.32 Å². The molecule has 0 heterocycles. The van der Waals surface area contributed by atoms with Crippen LogP contribution in [0.25, 0.3) is 0 Å². The molecule has 20 heavy (non-hydrogen) atoms. The van der Waals surface area contributed by atoms with Crippen LogP contribution in [0.3, 0.4) is 0 Å². The predicted molar refractivity (Wildman–Crippen MR) is 95.5 cm³/mol. The summed E-state index contributed by atoms with van der Waals surface area (Å²) in [5, 5.41) is 0.132. The quantitative estimate of drug-likeness (QED) is 0.324. The first-order chi connectivity index (χ1) is 9.16. The van der Waals surface area contributed by atoms with Crippen molar-refractivity contribution < 1.29 is 4.80 Å². The molecule has 120 valence electrons. The Balaban J connectivity index is 0. The second-order valence-electron chi connectivity index (χ2n) is 7.24. The summed E-state index contributed by atoms with van der Waals surface area (Å²) in [6, 6.07) is 0. The van der Waals surface area contributed by atoms with E-state index in [-0.39, 0.29) is 5.04 Å². The molecule has 1 nitrogen and oxygen atoms in total. The lowest BCUT2D eigenvalue weighted by Crippen LogP contribution is -2.36. The third-order valence-corrected chi connectivity index (χ3v) is 7.68. The van der Waals surface area contributed by atoms with Gasteiger partial charge in [-0.3, -0.25) is 0 Å². The van der Waals surface area contributed by atoms with Gasteiger partial charge in [0.25, 0.3) is 0 Å². The monoisotopic (exact) mass is 298 g/mol. The Bertz CT molecular complexity index is 228. The first-order valence-electron chi connectivity index (χ1n) is 8.32. The Kier molecular flexibility index (Phi) is 13.7. The molecule has 0 radical (unpaired) electrons. The van der Waals surface area contributed by atoms with Crippen LogP contribution in [0.2, 0.25) is 18.1 Å². The average Bonchev–Trinajstić information content (AvgIpc) is 2.31. The van der Waals surface area contributed by atoms with Crippen molar-refractivity contribution in [2.75, 3.05) is 0 Å². The van der Waals surface area contributed by atoms with E-state index in [1.165, 1.54) is 51.4 Å². The zero-order valence-corrected chi connectivity index (χ0v) is 15.9. The molecule has 0 aliphatic carbocycles. The number of hydrogen-bond donors (Lipinski definition) is 1. The van der Waals surface area contributed by atoms with E-state index in [0.717, 1.165) is 6.42 Å². The van der Waals surface area contributed by atoms with Gasteiger partial charge in [-0.1, -0.05) is 72.6 Å². The van der Waals surface area contributed by atoms with Crippen molar-refractivity contribution in [3.8, 4) is 12.3 Å². The molecule has 0 aromatic carbocycles. The molecule has 0 fully saturated rings. The molecule has 0 spiro atoms. The summed E-state index contributed by atoms with van der Waals surface area (Å²) in [7, 11) is -1.86. The molecule has 0 aliphatic rings. The van der Waals surface area contributed by atoms with Gasteiger partial charge < -0.3 is 4.80 Å². The van der Waals surface area contributed by atoms with Gasteiger partial charge in [0.15, 0.2) is 8.32 Å². The lowest BCUT2D eigenvalue weighted by molar-refractivity contribution is 0.487.